The van der Waals surface area contributed by atoms with Crippen molar-refractivity contribution in [1.82, 2.24) is 5.32 Å². The summed E-state index contributed by atoms with van der Waals surface area (Å²) in [5.41, 5.74) is -0.456. The number of amides is 1. The fourth-order valence-corrected chi connectivity index (χ4v) is 0.657. The average Bonchev–Trinajstić information content (AvgIpc) is 2.00. The van der Waals surface area contributed by atoms with Crippen molar-refractivity contribution in [3.8, 4) is 0 Å². The molecule has 14 heavy (non-hydrogen) atoms. The summed E-state index contributed by atoms with van der Waals surface area (Å²) in [6.07, 6.45) is 2.87. The number of hydrogen-bond donors (Lipinski definition) is 1. The van der Waals surface area contributed by atoms with E-state index in [-0.39, 0.29) is 0 Å². The van der Waals surface area contributed by atoms with E-state index in [0.29, 0.717) is 13.1 Å². The normalized spacial score (nSPS) is 11.4. The van der Waals surface area contributed by atoms with Gasteiger partial charge in [0.2, 0.25) is 0 Å². The van der Waals surface area contributed by atoms with E-state index >= 15 is 0 Å². The summed E-state index contributed by atoms with van der Waals surface area (Å²) in [6.45, 7) is 9.91. The highest BCUT2D eigenvalue weighted by Crippen LogP contribution is 2.05. The lowest BCUT2D eigenvalue weighted by Gasteiger charge is -2.19. The third-order valence-electron chi connectivity index (χ3n) is 1.10. The Kier molecular flexibility index (Phi) is 5.60. The molecule has 0 aliphatic heterocycles. The van der Waals surface area contributed by atoms with Crippen LogP contribution in [0.2, 0.25) is 0 Å². The fourth-order valence-electron chi connectivity index (χ4n) is 0.657. The van der Waals surface area contributed by atoms with Crippen molar-refractivity contribution in [2.24, 2.45) is 4.99 Å². The zero-order chi connectivity index (χ0) is 11.0. The molecule has 0 bridgehead atoms. The summed E-state index contributed by atoms with van der Waals surface area (Å²) < 4.78 is 5.01. The lowest BCUT2D eigenvalue weighted by molar-refractivity contribution is 0.0536. The van der Waals surface area contributed by atoms with Gasteiger partial charge in [0.05, 0.1) is 13.1 Å². The van der Waals surface area contributed by atoms with E-state index in [4.69, 9.17) is 4.74 Å². The van der Waals surface area contributed by atoms with Gasteiger partial charge in [0.1, 0.15) is 5.60 Å². The molecule has 0 aromatic rings. The smallest absolute Gasteiger partial charge is 0.407 e. The maximum atomic E-state index is 11.1. The van der Waals surface area contributed by atoms with Gasteiger partial charge in [0.25, 0.3) is 0 Å². The minimum atomic E-state index is -0.456. The molecule has 0 saturated carbocycles. The Bertz CT molecular complexity index is 217. The first-order valence-electron chi connectivity index (χ1n) is 4.52. The standard InChI is InChI=1S/C10H18N2O2/c1-5-6-11-7-8-12-9(13)14-10(2,3)4/h5,7H,1,6,8H2,2-4H3,(H,12,13). The van der Waals surface area contributed by atoms with Crippen molar-refractivity contribution in [3.05, 3.63) is 12.7 Å². The van der Waals surface area contributed by atoms with Crippen molar-refractivity contribution in [2.75, 3.05) is 13.1 Å². The number of nitrogens with one attached hydrogen (secondary N) is 1. The van der Waals surface area contributed by atoms with Gasteiger partial charge in [-0.3, -0.25) is 4.99 Å². The summed E-state index contributed by atoms with van der Waals surface area (Å²) in [6, 6.07) is 0. The van der Waals surface area contributed by atoms with Crippen LogP contribution in [0.1, 0.15) is 20.8 Å². The molecular formula is C10H18N2O2. The Balaban J connectivity index is 3.60. The molecule has 0 heterocycles. The predicted molar refractivity (Wildman–Crippen MR) is 57.8 cm³/mol. The lowest BCUT2D eigenvalue weighted by atomic mass is 10.2. The number of rotatable bonds is 4. The Hall–Kier alpha value is -1.32. The number of carbonyl (C=O) groups is 1. The molecule has 0 fully saturated rings. The molecule has 0 aliphatic rings. The molecule has 0 aliphatic carbocycles. The number of nitrogens with zero attached hydrogens (tertiary/aromatic N) is 1. The third kappa shape index (κ3) is 8.77. The molecule has 1 amide bonds. The van der Waals surface area contributed by atoms with Crippen LogP contribution in [0.5, 0.6) is 0 Å². The highest BCUT2D eigenvalue weighted by Gasteiger charge is 2.14. The average molecular weight is 198 g/mol. The van der Waals surface area contributed by atoms with E-state index in [9.17, 15) is 4.79 Å². The van der Waals surface area contributed by atoms with E-state index < -0.39 is 11.7 Å². The van der Waals surface area contributed by atoms with Crippen LogP contribution in [0, 0.1) is 0 Å². The van der Waals surface area contributed by atoms with Crippen LogP contribution in [-0.4, -0.2) is 31.0 Å². The van der Waals surface area contributed by atoms with Gasteiger partial charge in [0.15, 0.2) is 0 Å². The second-order valence-electron chi connectivity index (χ2n) is 3.72. The Morgan fingerprint density at radius 1 is 1.57 bits per heavy atom. The van der Waals surface area contributed by atoms with Gasteiger partial charge < -0.3 is 10.1 Å². The second kappa shape index (κ2) is 6.18. The summed E-state index contributed by atoms with van der Waals surface area (Å²) >= 11 is 0. The second-order valence-corrected chi connectivity index (χ2v) is 3.72. The van der Waals surface area contributed by atoms with Crippen molar-refractivity contribution < 1.29 is 9.53 Å². The highest BCUT2D eigenvalue weighted by atomic mass is 16.6. The van der Waals surface area contributed by atoms with E-state index in [0.717, 1.165) is 0 Å². The van der Waals surface area contributed by atoms with E-state index in [2.05, 4.69) is 16.9 Å². The van der Waals surface area contributed by atoms with Crippen molar-refractivity contribution in [3.63, 3.8) is 0 Å². The van der Waals surface area contributed by atoms with Gasteiger partial charge in [-0.25, -0.2) is 4.79 Å². The van der Waals surface area contributed by atoms with Crippen LogP contribution in [0.4, 0.5) is 4.79 Å². The molecule has 4 nitrogen and oxygen atoms in total. The van der Waals surface area contributed by atoms with Gasteiger partial charge in [-0.05, 0) is 20.8 Å². The molecule has 0 saturated heterocycles. The molecule has 0 rings (SSSR count). The number of alkyl carbamates (subject to hydrolysis) is 1. The Morgan fingerprint density at radius 3 is 2.71 bits per heavy atom. The van der Waals surface area contributed by atoms with Crippen molar-refractivity contribution >= 4 is 12.3 Å². The van der Waals surface area contributed by atoms with Gasteiger partial charge in [0, 0.05) is 6.21 Å². The molecule has 0 aromatic heterocycles. The highest BCUT2D eigenvalue weighted by molar-refractivity contribution is 5.72. The van der Waals surface area contributed by atoms with E-state index in [1.165, 1.54) is 0 Å². The maximum Gasteiger partial charge on any atom is 0.407 e. The zero-order valence-corrected chi connectivity index (χ0v) is 9.04. The largest absolute Gasteiger partial charge is 0.444 e. The first kappa shape index (κ1) is 12.7. The lowest BCUT2D eigenvalue weighted by Crippen LogP contribution is -2.33. The molecule has 0 atom stereocenters. The minimum Gasteiger partial charge on any atom is -0.444 e. The quantitative estimate of drug-likeness (QED) is 0.553. The van der Waals surface area contributed by atoms with Gasteiger partial charge in [-0.15, -0.1) is 6.58 Å². The van der Waals surface area contributed by atoms with Crippen molar-refractivity contribution in [1.29, 1.82) is 0 Å². The van der Waals surface area contributed by atoms with Crippen LogP contribution in [0.15, 0.2) is 17.6 Å². The molecular weight excluding hydrogens is 180 g/mol. The molecule has 0 spiro atoms. The van der Waals surface area contributed by atoms with Crippen LogP contribution in [0.3, 0.4) is 0 Å². The maximum absolute atomic E-state index is 11.1. The molecule has 0 radical (unpaired) electrons. The molecule has 0 aromatic carbocycles. The van der Waals surface area contributed by atoms with E-state index in [1.807, 2.05) is 20.8 Å². The summed E-state index contributed by atoms with van der Waals surface area (Å²) in [7, 11) is 0. The van der Waals surface area contributed by atoms with Crippen LogP contribution in [-0.2, 0) is 4.74 Å². The summed E-state index contributed by atoms with van der Waals surface area (Å²) in [4.78, 5) is 15.0. The first-order valence-corrected chi connectivity index (χ1v) is 4.52. The monoisotopic (exact) mass is 198 g/mol. The van der Waals surface area contributed by atoms with E-state index in [1.54, 1.807) is 12.3 Å². The summed E-state index contributed by atoms with van der Waals surface area (Å²) in [5, 5.41) is 2.55. The topological polar surface area (TPSA) is 50.7 Å². The SMILES string of the molecule is C=CCN=CCNC(=O)OC(C)(C)C. The van der Waals surface area contributed by atoms with Crippen LogP contribution >= 0.6 is 0 Å². The molecule has 80 valence electrons. The summed E-state index contributed by atoms with van der Waals surface area (Å²) in [5.74, 6) is 0. The number of carbonyl (C=O) groups excluding carboxylic acids is 1. The van der Waals surface area contributed by atoms with Gasteiger partial charge in [-0.2, -0.15) is 0 Å². The predicted octanol–water partition coefficient (Wildman–Crippen LogP) is 1.77. The van der Waals surface area contributed by atoms with Crippen LogP contribution in [0.25, 0.3) is 0 Å². The third-order valence-corrected chi connectivity index (χ3v) is 1.10. The fraction of sp³-hybridized carbons (Fsp3) is 0.600. The van der Waals surface area contributed by atoms with Crippen molar-refractivity contribution in [2.45, 2.75) is 26.4 Å². The minimum absolute atomic E-state index is 0.378. The van der Waals surface area contributed by atoms with Crippen LogP contribution < -0.4 is 5.32 Å². The zero-order valence-electron chi connectivity index (χ0n) is 9.04. The number of aliphatic imine (C=N–C) groups is 1. The first-order chi connectivity index (χ1) is 6.45. The molecule has 0 unspecified atom stereocenters. The Morgan fingerprint density at radius 2 is 2.21 bits per heavy atom. The van der Waals surface area contributed by atoms with Gasteiger partial charge >= 0.3 is 6.09 Å². The molecule has 1 N–H and O–H groups in total. The number of hydrogen-bond acceptors (Lipinski definition) is 3. The van der Waals surface area contributed by atoms with Gasteiger partial charge in [-0.1, -0.05) is 6.08 Å². The Labute approximate surface area is 85.1 Å². The number of ether oxygens (including phenoxy) is 1. The molecule has 4 heteroatoms.